The molecule has 1 fully saturated rings. The summed E-state index contributed by atoms with van der Waals surface area (Å²) in [6.07, 6.45) is 0.490. The molecule has 39 heavy (non-hydrogen) atoms. The number of nitrogens with zero attached hydrogens (tertiary/aromatic N) is 3. The molecule has 0 radical (unpaired) electrons. The molecular formula is C28H32F4N4O3. The average molecular weight is 549 g/mol. The molecule has 1 aliphatic carbocycles. The van der Waals surface area contributed by atoms with Crippen molar-refractivity contribution < 1.29 is 32.3 Å². The Balaban J connectivity index is 1.65. The largest absolute Gasteiger partial charge is 0.422 e. The summed E-state index contributed by atoms with van der Waals surface area (Å²) in [6.45, 7) is 4.14. The molecule has 3 atom stereocenters. The first-order valence-electron chi connectivity index (χ1n) is 13.0. The fourth-order valence-corrected chi connectivity index (χ4v) is 5.43. The summed E-state index contributed by atoms with van der Waals surface area (Å²) in [4.78, 5) is 29.2. The number of amides is 1. The zero-order valence-electron chi connectivity index (χ0n) is 22.3. The van der Waals surface area contributed by atoms with Crippen molar-refractivity contribution in [2.75, 3.05) is 5.32 Å². The van der Waals surface area contributed by atoms with Gasteiger partial charge in [-0.1, -0.05) is 13.3 Å². The zero-order valence-corrected chi connectivity index (χ0v) is 22.3. The van der Waals surface area contributed by atoms with Gasteiger partial charge in [0.2, 0.25) is 5.91 Å². The van der Waals surface area contributed by atoms with Crippen molar-refractivity contribution in [3.63, 3.8) is 0 Å². The maximum Gasteiger partial charge on any atom is 0.422 e. The third-order valence-electron chi connectivity index (χ3n) is 7.63. The number of aliphatic hydroxyl groups is 1. The number of hydrogen-bond donors (Lipinski definition) is 2. The maximum atomic E-state index is 15.1. The Hall–Kier alpha value is -3.34. The number of aromatic nitrogens is 3. The normalized spacial score (nSPS) is 19.6. The summed E-state index contributed by atoms with van der Waals surface area (Å²) >= 11 is 0. The molecule has 3 aromatic rings. The number of carbonyl (C=O) groups excluding carboxylic acids is 2. The van der Waals surface area contributed by atoms with Crippen LogP contribution in [-0.4, -0.2) is 37.7 Å². The van der Waals surface area contributed by atoms with Gasteiger partial charge in [-0.3, -0.25) is 14.3 Å². The van der Waals surface area contributed by atoms with Crippen molar-refractivity contribution in [2.24, 2.45) is 18.9 Å². The lowest BCUT2D eigenvalue weighted by molar-refractivity contribution is -0.260. The minimum absolute atomic E-state index is 0.167. The van der Waals surface area contributed by atoms with Gasteiger partial charge in [-0.15, -0.1) is 0 Å². The molecule has 0 aliphatic heterocycles. The second-order valence-corrected chi connectivity index (χ2v) is 10.6. The van der Waals surface area contributed by atoms with Gasteiger partial charge in [0, 0.05) is 37.4 Å². The van der Waals surface area contributed by atoms with Crippen LogP contribution >= 0.6 is 0 Å². The number of rotatable bonds is 7. The van der Waals surface area contributed by atoms with Crippen LogP contribution in [0.3, 0.4) is 0 Å². The van der Waals surface area contributed by atoms with E-state index in [-0.39, 0.29) is 45.8 Å². The quantitative estimate of drug-likeness (QED) is 0.355. The van der Waals surface area contributed by atoms with E-state index in [0.29, 0.717) is 43.7 Å². The van der Waals surface area contributed by atoms with Crippen LogP contribution in [0.4, 0.5) is 23.4 Å². The lowest BCUT2D eigenvalue weighted by Crippen LogP contribution is -2.41. The Labute approximate surface area is 223 Å². The van der Waals surface area contributed by atoms with Crippen LogP contribution in [0.5, 0.6) is 0 Å². The summed E-state index contributed by atoms with van der Waals surface area (Å²) in [6, 6.07) is 4.06. The van der Waals surface area contributed by atoms with Crippen LogP contribution < -0.4 is 5.32 Å². The number of carbonyl (C=O) groups is 2. The summed E-state index contributed by atoms with van der Waals surface area (Å²) < 4.78 is 57.0. The minimum Gasteiger partial charge on any atom is -0.375 e. The van der Waals surface area contributed by atoms with Crippen LogP contribution in [0.1, 0.15) is 63.6 Å². The number of nitrogens with one attached hydrogen (secondary N) is 1. The van der Waals surface area contributed by atoms with Crippen molar-refractivity contribution in [3.05, 3.63) is 41.5 Å². The molecule has 0 spiro atoms. The van der Waals surface area contributed by atoms with E-state index in [4.69, 9.17) is 0 Å². The minimum atomic E-state index is -5.02. The molecule has 1 saturated carbocycles. The molecule has 0 saturated heterocycles. The molecule has 1 aliphatic rings. The standard InChI is InChI=1S/C28H32F4N4O3/c1-5-19(37)10-16-7-6-8-17(9-16)26(38)34-23-13-20(15(2)14-33-23)18-11-21-24(22(29)12-18)35-36(4)25(21)27(3,39)28(30,31)32/h11-14,16-17,39H,5-10H2,1-4H3,(H,33,34,38)/t16-,17+,27+/m1/s1. The smallest absolute Gasteiger partial charge is 0.375 e. The number of Topliss-reactive ketones (excluding diaryl/α,β-unsaturated/α-hetero) is 1. The van der Waals surface area contributed by atoms with E-state index in [1.54, 1.807) is 13.0 Å². The summed E-state index contributed by atoms with van der Waals surface area (Å²) in [7, 11) is 1.22. The van der Waals surface area contributed by atoms with Crippen LogP contribution in [-0.2, 0) is 22.2 Å². The van der Waals surface area contributed by atoms with Gasteiger partial charge in [0.15, 0.2) is 11.4 Å². The zero-order chi connectivity index (χ0) is 28.7. The van der Waals surface area contributed by atoms with E-state index in [2.05, 4.69) is 15.4 Å². The number of pyridine rings is 1. The first-order valence-corrected chi connectivity index (χ1v) is 13.0. The highest BCUT2D eigenvalue weighted by atomic mass is 19.4. The highest BCUT2D eigenvalue weighted by Crippen LogP contribution is 2.42. The number of halogens is 4. The van der Waals surface area contributed by atoms with E-state index in [1.165, 1.54) is 19.3 Å². The monoisotopic (exact) mass is 548 g/mol. The number of fused-ring (bicyclic) bond motifs is 1. The Morgan fingerprint density at radius 2 is 1.92 bits per heavy atom. The van der Waals surface area contributed by atoms with Gasteiger partial charge in [0.25, 0.3) is 0 Å². The molecule has 2 aromatic heterocycles. The molecule has 2 N–H and O–H groups in total. The number of ketones is 1. The fourth-order valence-electron chi connectivity index (χ4n) is 5.43. The Morgan fingerprint density at radius 3 is 2.59 bits per heavy atom. The Bertz CT molecular complexity index is 1410. The van der Waals surface area contributed by atoms with Crippen molar-refractivity contribution in [2.45, 2.75) is 71.1 Å². The second-order valence-electron chi connectivity index (χ2n) is 10.6. The topological polar surface area (TPSA) is 97.1 Å². The number of hydrogen-bond acceptors (Lipinski definition) is 5. The molecule has 1 amide bonds. The molecular weight excluding hydrogens is 516 g/mol. The molecule has 4 rings (SSSR count). The van der Waals surface area contributed by atoms with E-state index in [0.717, 1.165) is 23.6 Å². The van der Waals surface area contributed by atoms with Gasteiger partial charge in [0.1, 0.15) is 17.1 Å². The third kappa shape index (κ3) is 5.68. The van der Waals surface area contributed by atoms with E-state index >= 15 is 4.39 Å². The summed E-state index contributed by atoms with van der Waals surface area (Å²) in [5, 5.41) is 16.9. The SMILES string of the molecule is CCC(=O)C[C@@H]1CCC[C@H](C(=O)Nc2cc(-c3cc(F)c4nn(C)c([C@](C)(O)C(F)(F)F)c4c3)c(C)cn2)C1. The van der Waals surface area contributed by atoms with E-state index in [9.17, 15) is 27.9 Å². The van der Waals surface area contributed by atoms with Gasteiger partial charge >= 0.3 is 6.18 Å². The van der Waals surface area contributed by atoms with Crippen molar-refractivity contribution in [1.29, 1.82) is 0 Å². The van der Waals surface area contributed by atoms with Crippen LogP contribution in [0.15, 0.2) is 24.4 Å². The van der Waals surface area contributed by atoms with Gasteiger partial charge in [-0.2, -0.15) is 18.3 Å². The molecule has 1 aromatic carbocycles. The average Bonchev–Trinajstić information content (AvgIpc) is 3.21. The predicted octanol–water partition coefficient (Wildman–Crippen LogP) is 5.97. The first kappa shape index (κ1) is 28.7. The number of anilines is 1. The van der Waals surface area contributed by atoms with Crippen molar-refractivity contribution >= 4 is 28.4 Å². The molecule has 0 bridgehead atoms. The van der Waals surface area contributed by atoms with Gasteiger partial charge in [-0.05, 0) is 73.9 Å². The highest BCUT2D eigenvalue weighted by Gasteiger charge is 2.54. The lowest BCUT2D eigenvalue weighted by atomic mass is 9.78. The fraction of sp³-hybridized carbons (Fsp3) is 0.500. The maximum absolute atomic E-state index is 15.1. The molecule has 7 nitrogen and oxygen atoms in total. The molecule has 0 unspecified atom stereocenters. The van der Waals surface area contributed by atoms with Gasteiger partial charge in [0.05, 0.1) is 5.69 Å². The number of alkyl halides is 3. The summed E-state index contributed by atoms with van der Waals surface area (Å²) in [5.41, 5.74) is -2.84. The summed E-state index contributed by atoms with van der Waals surface area (Å²) in [5.74, 6) is -0.760. The van der Waals surface area contributed by atoms with Crippen molar-refractivity contribution in [1.82, 2.24) is 14.8 Å². The Morgan fingerprint density at radius 1 is 1.21 bits per heavy atom. The number of aryl methyl sites for hydroxylation is 2. The molecule has 2 heterocycles. The van der Waals surface area contributed by atoms with E-state index < -0.39 is 23.3 Å². The molecule has 210 valence electrons. The van der Waals surface area contributed by atoms with Crippen LogP contribution in [0, 0.1) is 24.6 Å². The molecule has 11 heteroatoms. The lowest BCUT2D eigenvalue weighted by Gasteiger charge is -2.28. The number of benzene rings is 1. The van der Waals surface area contributed by atoms with Gasteiger partial charge in [-0.25, -0.2) is 9.37 Å². The highest BCUT2D eigenvalue weighted by molar-refractivity contribution is 5.93. The van der Waals surface area contributed by atoms with Crippen LogP contribution in [0.25, 0.3) is 22.0 Å². The Kier molecular flexibility index (Phi) is 7.84. The van der Waals surface area contributed by atoms with E-state index in [1.807, 2.05) is 6.92 Å². The van der Waals surface area contributed by atoms with Crippen molar-refractivity contribution in [3.8, 4) is 11.1 Å². The van der Waals surface area contributed by atoms with Gasteiger partial charge < -0.3 is 10.4 Å². The predicted molar refractivity (Wildman–Crippen MR) is 138 cm³/mol. The first-order chi connectivity index (χ1) is 18.2. The third-order valence-corrected chi connectivity index (χ3v) is 7.63. The second kappa shape index (κ2) is 10.7. The van der Waals surface area contributed by atoms with Crippen LogP contribution in [0.2, 0.25) is 0 Å².